The predicted molar refractivity (Wildman–Crippen MR) is 233 cm³/mol. The molecule has 16 nitrogen and oxygen atoms in total. The highest BCUT2D eigenvalue weighted by Crippen LogP contribution is 2.46. The van der Waals surface area contributed by atoms with Gasteiger partial charge in [0.1, 0.15) is 39.7 Å². The standard InChI is InChI=1S/C44H46F3N7O9S2/c1-7-24-20-43(24,40(58)53-65(59,60)27-17-18-27)52-36(55)29-19-26(21-54(29)38(56)34(42(4,5)6)50-41-48-22(3)33(64-41)39(57)61-8-2)62-37-32-31(28-11-9-10-12-30(28)63-32)49-35(51-37)23-13-15-25(16-14-23)44(45,46)47/h7,9-16,24,26-27,29,34H,1,8,17-21H2,2-6H3,(H,48,50)(H,52,55)(H,53,58)/t24-,26-,29+,34-,43-/m1/s1. The van der Waals surface area contributed by atoms with Crippen molar-refractivity contribution in [2.45, 2.75) is 95.5 Å². The molecule has 2 aliphatic carbocycles. The number of nitrogens with one attached hydrogen (secondary N) is 3. The molecule has 65 heavy (non-hydrogen) atoms. The Morgan fingerprint density at radius 3 is 2.40 bits per heavy atom. The van der Waals surface area contributed by atoms with Crippen LogP contribution in [-0.4, -0.2) is 94.1 Å². The van der Waals surface area contributed by atoms with Gasteiger partial charge in [-0.2, -0.15) is 18.2 Å². The number of hydrogen-bond donors (Lipinski definition) is 3. The number of carbonyl (C=O) groups is 4. The summed E-state index contributed by atoms with van der Waals surface area (Å²) in [7, 11) is -3.99. The van der Waals surface area contributed by atoms with E-state index < -0.39 is 85.8 Å². The van der Waals surface area contributed by atoms with Gasteiger partial charge in [0.25, 0.3) is 11.8 Å². The van der Waals surface area contributed by atoms with Crippen molar-refractivity contribution >= 4 is 72.3 Å². The summed E-state index contributed by atoms with van der Waals surface area (Å²) in [5.41, 5.74) is -1.91. The number of amides is 3. The van der Waals surface area contributed by atoms with Gasteiger partial charge in [0, 0.05) is 23.3 Å². The molecule has 2 aromatic carbocycles. The average molecular weight is 938 g/mol. The number of ether oxygens (including phenoxy) is 2. The van der Waals surface area contributed by atoms with Crippen molar-refractivity contribution in [3.05, 3.63) is 77.3 Å². The number of alkyl halides is 3. The molecule has 0 unspecified atom stereocenters. The van der Waals surface area contributed by atoms with Crippen LogP contribution in [0.3, 0.4) is 0 Å². The largest absolute Gasteiger partial charge is 0.470 e. The number of benzene rings is 2. The van der Waals surface area contributed by atoms with Gasteiger partial charge in [0.15, 0.2) is 11.0 Å². The minimum Gasteiger partial charge on any atom is -0.470 e. The second-order valence-electron chi connectivity index (χ2n) is 17.5. The highest BCUT2D eigenvalue weighted by Gasteiger charge is 2.62. The molecule has 5 aromatic rings. The first-order chi connectivity index (χ1) is 30.6. The van der Waals surface area contributed by atoms with Crippen LogP contribution in [0.2, 0.25) is 0 Å². The molecule has 0 spiro atoms. The summed E-state index contributed by atoms with van der Waals surface area (Å²) in [6.07, 6.45) is -3.40. The normalized spacial score (nSPS) is 21.5. The van der Waals surface area contributed by atoms with Gasteiger partial charge in [-0.25, -0.2) is 23.2 Å². The van der Waals surface area contributed by atoms with Crippen LogP contribution in [0.15, 0.2) is 65.6 Å². The van der Waals surface area contributed by atoms with Crippen LogP contribution in [0, 0.1) is 18.3 Å². The number of rotatable bonds is 14. The van der Waals surface area contributed by atoms with E-state index in [-0.39, 0.29) is 58.9 Å². The molecule has 3 amide bonds. The molecule has 4 heterocycles. The third-order valence-electron chi connectivity index (χ3n) is 11.7. The predicted octanol–water partition coefficient (Wildman–Crippen LogP) is 6.55. The molecule has 2 saturated carbocycles. The molecular weight excluding hydrogens is 892 g/mol. The minimum atomic E-state index is -4.58. The van der Waals surface area contributed by atoms with Gasteiger partial charge in [-0.05, 0) is 62.8 Å². The molecule has 5 atom stereocenters. The number of hydrogen-bond acceptors (Lipinski definition) is 14. The third kappa shape index (κ3) is 8.99. The van der Waals surface area contributed by atoms with Crippen molar-refractivity contribution < 1.29 is 54.7 Å². The van der Waals surface area contributed by atoms with Gasteiger partial charge in [0.2, 0.25) is 27.4 Å². The Kier molecular flexibility index (Phi) is 11.7. The highest BCUT2D eigenvalue weighted by molar-refractivity contribution is 7.91. The third-order valence-corrected chi connectivity index (χ3v) is 14.6. The molecule has 3 N–H and O–H groups in total. The Morgan fingerprint density at radius 2 is 1.77 bits per heavy atom. The van der Waals surface area contributed by atoms with Crippen LogP contribution in [0.5, 0.6) is 5.88 Å². The Hall–Kier alpha value is -6.09. The number of likely N-dealkylation sites (tertiary alicyclic amines) is 1. The van der Waals surface area contributed by atoms with E-state index >= 15 is 4.79 Å². The molecule has 344 valence electrons. The fourth-order valence-electron chi connectivity index (χ4n) is 7.92. The van der Waals surface area contributed by atoms with Gasteiger partial charge in [0.05, 0.1) is 29.7 Å². The molecule has 8 rings (SSSR count). The number of nitrogens with zero attached hydrogens (tertiary/aromatic N) is 4. The lowest BCUT2D eigenvalue weighted by Gasteiger charge is -2.35. The zero-order chi connectivity index (χ0) is 46.8. The van der Waals surface area contributed by atoms with Gasteiger partial charge >= 0.3 is 12.1 Å². The lowest BCUT2D eigenvalue weighted by atomic mass is 9.85. The molecule has 3 fully saturated rings. The Balaban J connectivity index is 1.15. The number of halogens is 3. The maximum Gasteiger partial charge on any atom is 0.416 e. The van der Waals surface area contributed by atoms with Gasteiger partial charge in [-0.1, -0.05) is 62.4 Å². The van der Waals surface area contributed by atoms with E-state index in [2.05, 4.69) is 36.9 Å². The summed E-state index contributed by atoms with van der Waals surface area (Å²) in [6.45, 7) is 12.4. The Bertz CT molecular complexity index is 2840. The number of furan rings is 1. The number of aryl methyl sites for hydroxylation is 1. The van der Waals surface area contributed by atoms with E-state index in [1.54, 1.807) is 58.9 Å². The van der Waals surface area contributed by atoms with Crippen molar-refractivity contribution in [2.24, 2.45) is 11.3 Å². The number of carbonyl (C=O) groups excluding carboxylic acids is 4. The summed E-state index contributed by atoms with van der Waals surface area (Å²) < 4.78 is 86.3. The van der Waals surface area contributed by atoms with Crippen LogP contribution in [0.4, 0.5) is 18.3 Å². The van der Waals surface area contributed by atoms with E-state index in [4.69, 9.17) is 13.9 Å². The lowest BCUT2D eigenvalue weighted by molar-refractivity contribution is -0.141. The monoisotopic (exact) mass is 937 g/mol. The fourth-order valence-corrected chi connectivity index (χ4v) is 10.2. The number of aromatic nitrogens is 3. The van der Waals surface area contributed by atoms with Crippen molar-refractivity contribution in [3.8, 4) is 17.3 Å². The number of esters is 1. The van der Waals surface area contributed by atoms with Crippen molar-refractivity contribution in [1.82, 2.24) is 29.9 Å². The topological polar surface area (TPSA) is 212 Å². The van der Waals surface area contributed by atoms with Crippen LogP contribution in [-0.2, 0) is 35.3 Å². The summed E-state index contributed by atoms with van der Waals surface area (Å²) in [4.78, 5) is 71.4. The molecule has 0 radical (unpaired) electrons. The number of sulfonamides is 1. The number of fused-ring (bicyclic) bond motifs is 3. The van der Waals surface area contributed by atoms with E-state index in [0.29, 0.717) is 35.0 Å². The van der Waals surface area contributed by atoms with Crippen LogP contribution >= 0.6 is 11.3 Å². The van der Waals surface area contributed by atoms with Crippen LogP contribution < -0.4 is 20.1 Å². The molecule has 3 aliphatic rings. The zero-order valence-electron chi connectivity index (χ0n) is 35.9. The number of para-hydroxylation sites is 1. The highest BCUT2D eigenvalue weighted by atomic mass is 32.2. The summed E-state index contributed by atoms with van der Waals surface area (Å²) in [5, 5.41) is 6.06. The molecular formula is C44H46F3N7O9S2. The van der Waals surface area contributed by atoms with Crippen molar-refractivity contribution in [1.29, 1.82) is 0 Å². The molecule has 1 aliphatic heterocycles. The van der Waals surface area contributed by atoms with Crippen molar-refractivity contribution in [3.63, 3.8) is 0 Å². The second-order valence-corrected chi connectivity index (χ2v) is 20.4. The van der Waals surface area contributed by atoms with Crippen molar-refractivity contribution in [2.75, 3.05) is 18.5 Å². The van der Waals surface area contributed by atoms with E-state index in [0.717, 1.165) is 23.5 Å². The van der Waals surface area contributed by atoms with E-state index in [1.807, 2.05) is 0 Å². The minimum absolute atomic E-state index is 0.0178. The molecule has 3 aromatic heterocycles. The summed E-state index contributed by atoms with van der Waals surface area (Å²) in [6, 6.07) is 8.89. The van der Waals surface area contributed by atoms with E-state index in [1.165, 1.54) is 23.1 Å². The first-order valence-corrected chi connectivity index (χ1v) is 23.3. The first-order valence-electron chi connectivity index (χ1n) is 20.9. The summed E-state index contributed by atoms with van der Waals surface area (Å²) >= 11 is 1.00. The lowest BCUT2D eigenvalue weighted by Crippen LogP contribution is -2.58. The number of thiazole rings is 1. The molecule has 21 heteroatoms. The maximum atomic E-state index is 15.0. The fraction of sp³-hybridized carbons (Fsp3) is 0.432. The first kappa shape index (κ1) is 45.5. The van der Waals surface area contributed by atoms with Gasteiger partial charge in [-0.3, -0.25) is 19.1 Å². The van der Waals surface area contributed by atoms with Gasteiger partial charge in [-0.15, -0.1) is 6.58 Å². The average Bonchev–Trinajstić information content (AvgIpc) is 4.11. The molecule has 0 bridgehead atoms. The number of anilines is 1. The van der Waals surface area contributed by atoms with Crippen LogP contribution in [0.25, 0.3) is 33.5 Å². The molecule has 1 saturated heterocycles. The second kappa shape index (κ2) is 16.7. The quantitative estimate of drug-likeness (QED) is 0.0798. The Labute approximate surface area is 375 Å². The maximum absolute atomic E-state index is 15.0. The smallest absolute Gasteiger partial charge is 0.416 e. The summed E-state index contributed by atoms with van der Waals surface area (Å²) in [5.74, 6) is -3.53. The van der Waals surface area contributed by atoms with Gasteiger partial charge < -0.3 is 29.4 Å². The Morgan fingerprint density at radius 1 is 1.06 bits per heavy atom. The SMILES string of the molecule is C=C[C@@H]1C[C@]1(NC(=O)[C@@H]1C[C@@H](Oc2nc(-c3ccc(C(F)(F)F)cc3)nc3c2oc2ccccc23)CN1C(=O)[C@@H](Nc1nc(C)c(C(=O)OCC)s1)C(C)(C)C)C(=O)NS(=O)(=O)C1CC1. The van der Waals surface area contributed by atoms with E-state index in [9.17, 15) is 36.0 Å². The van der Waals surface area contributed by atoms with Crippen LogP contribution in [0.1, 0.15) is 74.3 Å². The zero-order valence-corrected chi connectivity index (χ0v) is 37.6.